The number of hydrogen-bond donors (Lipinski definition) is 1. The lowest BCUT2D eigenvalue weighted by atomic mass is 10.1. The Balaban J connectivity index is 1.35. The summed E-state index contributed by atoms with van der Waals surface area (Å²) in [7, 11) is 1.63. The highest BCUT2D eigenvalue weighted by molar-refractivity contribution is 5.43. The molecule has 0 spiro atoms. The summed E-state index contributed by atoms with van der Waals surface area (Å²) in [5.41, 5.74) is 0.342. The third kappa shape index (κ3) is 7.44. The number of hydrogen-bond acceptors (Lipinski definition) is 7. The number of methoxy groups -OCH3 is 1. The van der Waals surface area contributed by atoms with Crippen molar-refractivity contribution in [3.05, 3.63) is 71.6 Å². The number of β-amino-alcohol motifs (C(OH)–C–C–N with tert-alkyl or cyclic N) is 1. The van der Waals surface area contributed by atoms with E-state index in [1.807, 2.05) is 31.3 Å². The normalized spacial score (nSPS) is 18.4. The minimum atomic E-state index is -1.20. The summed E-state index contributed by atoms with van der Waals surface area (Å²) in [5, 5.41) is 11.2. The predicted octanol–water partition coefficient (Wildman–Crippen LogP) is 3.76. The molecule has 1 aliphatic heterocycles. The lowest BCUT2D eigenvalue weighted by Gasteiger charge is -2.30. The maximum Gasteiger partial charge on any atom is 0.161 e. The van der Waals surface area contributed by atoms with Crippen LogP contribution in [0.4, 0.5) is 4.39 Å². The van der Waals surface area contributed by atoms with Crippen LogP contribution < -0.4 is 14.2 Å². The fraction of sp³-hybridized carbons (Fsp3) is 0.464. The molecule has 3 aromatic rings. The average Bonchev–Trinajstić information content (AvgIpc) is 3.20. The smallest absolute Gasteiger partial charge is 0.161 e. The van der Waals surface area contributed by atoms with Gasteiger partial charge in [0.1, 0.15) is 29.6 Å². The van der Waals surface area contributed by atoms with Gasteiger partial charge in [-0.3, -0.25) is 4.90 Å². The van der Waals surface area contributed by atoms with Crippen LogP contribution in [0.3, 0.4) is 0 Å². The first kappa shape index (κ1) is 26.9. The third-order valence-electron chi connectivity index (χ3n) is 6.44. The highest BCUT2D eigenvalue weighted by Gasteiger charge is 2.33. The fourth-order valence-corrected chi connectivity index (χ4v) is 4.39. The van der Waals surface area contributed by atoms with Crippen LogP contribution in [-0.4, -0.2) is 71.8 Å². The highest BCUT2D eigenvalue weighted by atomic mass is 19.1. The fourth-order valence-electron chi connectivity index (χ4n) is 4.39. The molecule has 0 unspecified atom stereocenters. The summed E-state index contributed by atoms with van der Waals surface area (Å²) < 4.78 is 38.7. The SMILES string of the molecule is COc1ccc(CN2CCOC[C@](O)(COc3ccc(F)c(C)c3)C2)cc1OCCCn1ccnc1C. The molecule has 0 amide bonds. The molecule has 0 saturated carbocycles. The van der Waals surface area contributed by atoms with Gasteiger partial charge in [0.15, 0.2) is 11.5 Å². The predicted molar refractivity (Wildman–Crippen MR) is 138 cm³/mol. The van der Waals surface area contributed by atoms with Crippen LogP contribution in [0.15, 0.2) is 48.8 Å². The second-order valence-electron chi connectivity index (χ2n) is 9.54. The Bertz CT molecular complexity index is 1170. The molecule has 8 nitrogen and oxygen atoms in total. The largest absolute Gasteiger partial charge is 0.493 e. The number of imidazole rings is 1. The number of aryl methyl sites for hydroxylation is 3. The second-order valence-corrected chi connectivity index (χ2v) is 9.54. The Labute approximate surface area is 217 Å². The summed E-state index contributed by atoms with van der Waals surface area (Å²) in [6, 6.07) is 10.5. The van der Waals surface area contributed by atoms with Gasteiger partial charge in [0, 0.05) is 38.6 Å². The Morgan fingerprint density at radius 1 is 1.14 bits per heavy atom. The number of aromatic nitrogens is 2. The van der Waals surface area contributed by atoms with E-state index in [1.165, 1.54) is 6.07 Å². The number of benzene rings is 2. The second kappa shape index (κ2) is 12.4. The van der Waals surface area contributed by atoms with Gasteiger partial charge in [-0.05, 0) is 61.7 Å². The van der Waals surface area contributed by atoms with Gasteiger partial charge in [-0.15, -0.1) is 0 Å². The molecule has 1 saturated heterocycles. The van der Waals surface area contributed by atoms with Crippen LogP contribution in [0, 0.1) is 19.7 Å². The van der Waals surface area contributed by atoms with Crippen molar-refractivity contribution in [1.82, 2.24) is 14.5 Å². The van der Waals surface area contributed by atoms with E-state index in [4.69, 9.17) is 18.9 Å². The van der Waals surface area contributed by atoms with Crippen LogP contribution in [0.1, 0.15) is 23.4 Å². The van der Waals surface area contributed by atoms with Gasteiger partial charge in [-0.25, -0.2) is 9.37 Å². The molecule has 1 fully saturated rings. The maximum atomic E-state index is 13.6. The van der Waals surface area contributed by atoms with E-state index < -0.39 is 5.60 Å². The zero-order valence-electron chi connectivity index (χ0n) is 21.8. The van der Waals surface area contributed by atoms with Crippen LogP contribution in [-0.2, 0) is 17.8 Å². The lowest BCUT2D eigenvalue weighted by molar-refractivity contribution is -0.0646. The van der Waals surface area contributed by atoms with Gasteiger partial charge in [0.2, 0.25) is 0 Å². The monoisotopic (exact) mass is 513 g/mol. The summed E-state index contributed by atoms with van der Waals surface area (Å²) in [5.74, 6) is 2.59. The summed E-state index contributed by atoms with van der Waals surface area (Å²) in [6.07, 6.45) is 4.61. The first-order valence-electron chi connectivity index (χ1n) is 12.5. The van der Waals surface area contributed by atoms with Gasteiger partial charge >= 0.3 is 0 Å². The van der Waals surface area contributed by atoms with E-state index in [2.05, 4.69) is 14.5 Å². The number of halogens is 1. The van der Waals surface area contributed by atoms with E-state index in [0.29, 0.717) is 55.7 Å². The van der Waals surface area contributed by atoms with Gasteiger partial charge in [-0.1, -0.05) is 6.07 Å². The average molecular weight is 514 g/mol. The maximum absolute atomic E-state index is 13.6. The zero-order valence-corrected chi connectivity index (χ0v) is 21.8. The van der Waals surface area contributed by atoms with Crippen molar-refractivity contribution in [2.75, 3.05) is 46.6 Å². The Hall–Kier alpha value is -3.14. The van der Waals surface area contributed by atoms with E-state index in [1.54, 1.807) is 32.4 Å². The topological polar surface area (TPSA) is 78.2 Å². The number of aliphatic hydroxyl groups is 1. The molecule has 9 heteroatoms. The quantitative estimate of drug-likeness (QED) is 0.391. The molecule has 1 N–H and O–H groups in total. The highest BCUT2D eigenvalue weighted by Crippen LogP contribution is 2.29. The van der Waals surface area contributed by atoms with Crippen molar-refractivity contribution in [3.8, 4) is 17.2 Å². The number of nitrogens with zero attached hydrogens (tertiary/aromatic N) is 3. The molecule has 1 atom stereocenters. The van der Waals surface area contributed by atoms with Gasteiger partial charge < -0.3 is 28.6 Å². The Kier molecular flexibility index (Phi) is 9.02. The molecular weight excluding hydrogens is 477 g/mol. The summed E-state index contributed by atoms with van der Waals surface area (Å²) in [4.78, 5) is 6.39. The number of rotatable bonds is 11. The van der Waals surface area contributed by atoms with Crippen molar-refractivity contribution in [2.24, 2.45) is 0 Å². The Morgan fingerprint density at radius 3 is 2.76 bits per heavy atom. The summed E-state index contributed by atoms with van der Waals surface area (Å²) >= 11 is 0. The van der Waals surface area contributed by atoms with E-state index in [0.717, 1.165) is 24.4 Å². The molecule has 2 aromatic carbocycles. The van der Waals surface area contributed by atoms with Gasteiger partial charge in [0.05, 0.1) is 26.9 Å². The minimum Gasteiger partial charge on any atom is -0.493 e. The van der Waals surface area contributed by atoms with E-state index in [-0.39, 0.29) is 19.0 Å². The Morgan fingerprint density at radius 2 is 2.00 bits per heavy atom. The van der Waals surface area contributed by atoms with Crippen LogP contribution in [0.2, 0.25) is 0 Å². The van der Waals surface area contributed by atoms with Crippen molar-refractivity contribution >= 4 is 0 Å². The minimum absolute atomic E-state index is 0.0436. The molecule has 0 aliphatic carbocycles. The third-order valence-corrected chi connectivity index (χ3v) is 6.44. The molecule has 0 bridgehead atoms. The molecule has 0 radical (unpaired) electrons. The summed E-state index contributed by atoms with van der Waals surface area (Å²) in [6.45, 7) is 7.41. The van der Waals surface area contributed by atoms with E-state index >= 15 is 0 Å². The lowest BCUT2D eigenvalue weighted by Crippen LogP contribution is -2.48. The van der Waals surface area contributed by atoms with Crippen molar-refractivity contribution in [3.63, 3.8) is 0 Å². The van der Waals surface area contributed by atoms with Crippen LogP contribution >= 0.6 is 0 Å². The molecular formula is C28H36FN3O5. The first-order chi connectivity index (χ1) is 17.8. The molecule has 2 heterocycles. The van der Waals surface area contributed by atoms with Crippen molar-refractivity contribution in [2.45, 2.75) is 39.0 Å². The molecule has 200 valence electrons. The zero-order chi connectivity index (χ0) is 26.3. The van der Waals surface area contributed by atoms with Crippen LogP contribution in [0.5, 0.6) is 17.2 Å². The molecule has 37 heavy (non-hydrogen) atoms. The molecule has 4 rings (SSSR count). The van der Waals surface area contributed by atoms with E-state index in [9.17, 15) is 9.50 Å². The van der Waals surface area contributed by atoms with Crippen molar-refractivity contribution in [1.29, 1.82) is 0 Å². The van der Waals surface area contributed by atoms with Gasteiger partial charge in [0.25, 0.3) is 0 Å². The van der Waals surface area contributed by atoms with Gasteiger partial charge in [-0.2, -0.15) is 0 Å². The number of ether oxygens (including phenoxy) is 4. The first-order valence-corrected chi connectivity index (χ1v) is 12.5. The van der Waals surface area contributed by atoms with Crippen molar-refractivity contribution < 1.29 is 28.4 Å². The standard InChI is InChI=1S/C28H36FN3O5/c1-21-15-24(6-7-25(21)29)37-20-28(33)18-31(12-14-35-19-28)17-23-5-8-26(34-3)27(16-23)36-13-4-10-32-11-9-30-22(32)2/h5-9,11,15-16,33H,4,10,12-14,17-20H2,1-3H3/t28-/m0/s1. The molecule has 1 aromatic heterocycles. The molecule has 1 aliphatic rings. The van der Waals surface area contributed by atoms with Crippen LogP contribution in [0.25, 0.3) is 0 Å².